The Morgan fingerprint density at radius 3 is 2.81 bits per heavy atom. The topological polar surface area (TPSA) is 83.7 Å². The molecular formula is C13H14Cl2N2O4. The van der Waals surface area contributed by atoms with Crippen molar-refractivity contribution in [3.8, 4) is 0 Å². The van der Waals surface area contributed by atoms with Gasteiger partial charge in [-0.25, -0.2) is 0 Å². The van der Waals surface area contributed by atoms with E-state index < -0.39 is 16.8 Å². The second kappa shape index (κ2) is 6.60. The van der Waals surface area contributed by atoms with Crippen LogP contribution in [0.4, 0.5) is 5.69 Å². The molecule has 0 radical (unpaired) electrons. The molecule has 0 aromatic heterocycles. The van der Waals surface area contributed by atoms with E-state index in [-0.39, 0.29) is 17.3 Å². The molecule has 1 fully saturated rings. The summed E-state index contributed by atoms with van der Waals surface area (Å²) in [5.74, 6) is -1.27. The highest BCUT2D eigenvalue weighted by Gasteiger charge is 2.28. The van der Waals surface area contributed by atoms with E-state index in [1.807, 2.05) is 4.90 Å². The van der Waals surface area contributed by atoms with Gasteiger partial charge in [0.05, 0.1) is 10.8 Å². The third kappa shape index (κ3) is 3.84. The zero-order chi connectivity index (χ0) is 15.6. The number of hydrogen-bond acceptors (Lipinski definition) is 4. The average molecular weight is 333 g/mol. The van der Waals surface area contributed by atoms with E-state index in [1.54, 1.807) is 0 Å². The zero-order valence-electron chi connectivity index (χ0n) is 11.1. The summed E-state index contributed by atoms with van der Waals surface area (Å²) in [6, 6.07) is 2.84. The van der Waals surface area contributed by atoms with Crippen LogP contribution in [-0.2, 0) is 11.3 Å². The Morgan fingerprint density at radius 1 is 1.48 bits per heavy atom. The summed E-state index contributed by atoms with van der Waals surface area (Å²) in [4.78, 5) is 23.5. The Labute approximate surface area is 131 Å². The van der Waals surface area contributed by atoms with Crippen molar-refractivity contribution < 1.29 is 14.8 Å². The lowest BCUT2D eigenvalue weighted by Crippen LogP contribution is -2.38. The van der Waals surface area contributed by atoms with Crippen molar-refractivity contribution in [1.82, 2.24) is 4.90 Å². The molecule has 0 amide bonds. The fourth-order valence-corrected chi connectivity index (χ4v) is 3.19. The smallest absolute Gasteiger partial charge is 0.307 e. The van der Waals surface area contributed by atoms with Crippen LogP contribution in [0.25, 0.3) is 0 Å². The van der Waals surface area contributed by atoms with Crippen molar-refractivity contribution in [3.63, 3.8) is 0 Å². The number of aliphatic carboxylic acids is 1. The molecule has 1 aromatic carbocycles. The van der Waals surface area contributed by atoms with Gasteiger partial charge in [0.15, 0.2) is 0 Å². The lowest BCUT2D eigenvalue weighted by Gasteiger charge is -2.30. The summed E-state index contributed by atoms with van der Waals surface area (Å²) in [6.45, 7) is 1.34. The molecule has 1 aliphatic rings. The molecule has 21 heavy (non-hydrogen) atoms. The van der Waals surface area contributed by atoms with Crippen LogP contribution in [-0.4, -0.2) is 34.0 Å². The predicted molar refractivity (Wildman–Crippen MR) is 78.8 cm³/mol. The number of halogens is 2. The van der Waals surface area contributed by atoms with Gasteiger partial charge < -0.3 is 5.11 Å². The predicted octanol–water partition coefficient (Wildman–Crippen LogP) is 3.20. The second-order valence-corrected chi connectivity index (χ2v) is 5.91. The summed E-state index contributed by atoms with van der Waals surface area (Å²) in [7, 11) is 0. The van der Waals surface area contributed by atoms with E-state index in [1.165, 1.54) is 12.1 Å². The quantitative estimate of drug-likeness (QED) is 0.676. The van der Waals surface area contributed by atoms with Crippen LogP contribution < -0.4 is 0 Å². The molecule has 2 rings (SSSR count). The fraction of sp³-hybridized carbons (Fsp3) is 0.462. The summed E-state index contributed by atoms with van der Waals surface area (Å²) < 4.78 is 0. The first kappa shape index (κ1) is 16.0. The molecule has 1 atom stereocenters. The van der Waals surface area contributed by atoms with Gasteiger partial charge in [0.1, 0.15) is 5.02 Å². The van der Waals surface area contributed by atoms with Crippen LogP contribution in [0.15, 0.2) is 12.1 Å². The number of nitro groups is 1. The number of rotatable bonds is 4. The van der Waals surface area contributed by atoms with E-state index >= 15 is 0 Å². The molecule has 8 heteroatoms. The third-order valence-electron chi connectivity index (χ3n) is 3.54. The molecule has 1 heterocycles. The number of piperidine rings is 1. The summed E-state index contributed by atoms with van der Waals surface area (Å²) in [5.41, 5.74) is 0.238. The van der Waals surface area contributed by atoms with Crippen molar-refractivity contribution in [2.24, 2.45) is 5.92 Å². The Kier molecular flexibility index (Phi) is 5.03. The van der Waals surface area contributed by atoms with Gasteiger partial charge >= 0.3 is 5.97 Å². The van der Waals surface area contributed by atoms with Gasteiger partial charge in [-0.1, -0.05) is 23.2 Å². The van der Waals surface area contributed by atoms with Crippen LogP contribution in [0.5, 0.6) is 0 Å². The van der Waals surface area contributed by atoms with Gasteiger partial charge in [-0.3, -0.25) is 19.8 Å². The number of likely N-dealkylation sites (tertiary alicyclic amines) is 1. The number of carboxylic acids is 1. The molecule has 0 saturated carbocycles. The number of nitrogens with zero attached hydrogens (tertiary/aromatic N) is 2. The van der Waals surface area contributed by atoms with Crippen molar-refractivity contribution in [1.29, 1.82) is 0 Å². The first-order chi connectivity index (χ1) is 9.88. The number of hydrogen-bond donors (Lipinski definition) is 1. The summed E-state index contributed by atoms with van der Waals surface area (Å²) >= 11 is 11.8. The van der Waals surface area contributed by atoms with E-state index in [4.69, 9.17) is 28.3 Å². The molecule has 0 spiro atoms. The summed E-state index contributed by atoms with van der Waals surface area (Å²) in [6.07, 6.45) is 1.38. The highest BCUT2D eigenvalue weighted by Crippen LogP contribution is 2.33. The molecule has 1 saturated heterocycles. The van der Waals surface area contributed by atoms with Crippen molar-refractivity contribution >= 4 is 34.9 Å². The highest BCUT2D eigenvalue weighted by atomic mass is 35.5. The second-order valence-electron chi connectivity index (χ2n) is 5.06. The molecule has 114 valence electrons. The maximum atomic E-state index is 11.1. The Hall–Kier alpha value is -1.37. The minimum absolute atomic E-state index is 0.00528. The molecule has 1 aromatic rings. The van der Waals surface area contributed by atoms with Gasteiger partial charge in [-0.2, -0.15) is 0 Å². The van der Waals surface area contributed by atoms with Gasteiger partial charge in [0.2, 0.25) is 0 Å². The molecule has 1 unspecified atom stereocenters. The van der Waals surface area contributed by atoms with E-state index in [0.29, 0.717) is 30.1 Å². The minimum atomic E-state index is -0.835. The minimum Gasteiger partial charge on any atom is -0.481 e. The molecule has 6 nitrogen and oxygen atoms in total. The largest absolute Gasteiger partial charge is 0.481 e. The number of carbonyl (C=O) groups is 1. The third-order valence-corrected chi connectivity index (χ3v) is 4.04. The maximum absolute atomic E-state index is 11.1. The SMILES string of the molecule is O=C(O)C1CCCN(Cc2cc(Cl)cc(Cl)c2[N+](=O)[O-])C1. The normalized spacial score (nSPS) is 19.4. The lowest BCUT2D eigenvalue weighted by atomic mass is 9.97. The standard InChI is InChI=1S/C13H14Cl2N2O4/c14-10-4-9(12(17(20)21)11(15)5-10)7-16-3-1-2-8(6-16)13(18)19/h4-5,8H,1-3,6-7H2,(H,18,19). The first-order valence-corrected chi connectivity index (χ1v) is 7.21. The monoisotopic (exact) mass is 332 g/mol. The molecule has 1 N–H and O–H groups in total. The number of carboxylic acid groups (broad SMARTS) is 1. The van der Waals surface area contributed by atoms with Crippen LogP contribution in [0, 0.1) is 16.0 Å². The van der Waals surface area contributed by atoms with Gasteiger partial charge in [-0.15, -0.1) is 0 Å². The van der Waals surface area contributed by atoms with Crippen molar-refractivity contribution in [2.75, 3.05) is 13.1 Å². The van der Waals surface area contributed by atoms with Gasteiger partial charge in [0, 0.05) is 23.7 Å². The molecule has 1 aliphatic heterocycles. The van der Waals surface area contributed by atoms with E-state index in [9.17, 15) is 14.9 Å². The van der Waals surface area contributed by atoms with Crippen LogP contribution >= 0.6 is 23.2 Å². The molecule has 0 bridgehead atoms. The van der Waals surface area contributed by atoms with Crippen molar-refractivity contribution in [2.45, 2.75) is 19.4 Å². The average Bonchev–Trinajstić information content (AvgIpc) is 2.37. The molecule has 0 aliphatic carbocycles. The zero-order valence-corrected chi connectivity index (χ0v) is 12.6. The van der Waals surface area contributed by atoms with Crippen molar-refractivity contribution in [3.05, 3.63) is 37.9 Å². The first-order valence-electron chi connectivity index (χ1n) is 6.46. The Balaban J connectivity index is 2.23. The Morgan fingerprint density at radius 2 is 2.19 bits per heavy atom. The molecular weight excluding hydrogens is 319 g/mol. The maximum Gasteiger partial charge on any atom is 0.307 e. The fourth-order valence-electron chi connectivity index (χ4n) is 2.59. The van der Waals surface area contributed by atoms with E-state index in [2.05, 4.69) is 0 Å². The van der Waals surface area contributed by atoms with Gasteiger partial charge in [-0.05, 0) is 31.5 Å². The van der Waals surface area contributed by atoms with Crippen LogP contribution in [0.3, 0.4) is 0 Å². The van der Waals surface area contributed by atoms with Crippen LogP contribution in [0.2, 0.25) is 10.0 Å². The number of nitro benzene ring substituents is 1. The summed E-state index contributed by atoms with van der Waals surface area (Å²) in [5, 5.41) is 20.5. The highest BCUT2D eigenvalue weighted by molar-refractivity contribution is 6.36. The van der Waals surface area contributed by atoms with Crippen LogP contribution in [0.1, 0.15) is 18.4 Å². The van der Waals surface area contributed by atoms with E-state index in [0.717, 1.165) is 6.42 Å². The Bertz CT molecular complexity index is 580. The lowest BCUT2D eigenvalue weighted by molar-refractivity contribution is -0.385. The van der Waals surface area contributed by atoms with Gasteiger partial charge in [0.25, 0.3) is 5.69 Å². The number of benzene rings is 1.